The number of hydrogen-bond acceptors (Lipinski definition) is 10. The van der Waals surface area contributed by atoms with E-state index >= 15 is 0 Å². The Bertz CT molecular complexity index is 1850. The second-order valence-electron chi connectivity index (χ2n) is 11.9. The summed E-state index contributed by atoms with van der Waals surface area (Å²) in [6.45, 7) is 4.84. The third-order valence-corrected chi connectivity index (χ3v) is 9.26. The number of sulfonamides is 1. The maximum Gasteiger partial charge on any atom is 0.286 e. The molecule has 0 fully saturated rings. The van der Waals surface area contributed by atoms with Gasteiger partial charge < -0.3 is 24.5 Å². The molecule has 4 aromatic rings. The predicted molar refractivity (Wildman–Crippen MR) is 186 cm³/mol. The molecule has 13 nitrogen and oxygen atoms in total. The molecule has 3 atom stereocenters. The third kappa shape index (κ3) is 10.8. The SMILES string of the molecule is COCC(NC(=O)C(COCc1ccccc1Cl)NS(=O)(=O)c1ccc(C)cc1)C(=O)NC(CC(C)C)C(=O)c1nnc(-c2ccccc2)o1. The Morgan fingerprint density at radius 1 is 0.840 bits per heavy atom. The van der Waals surface area contributed by atoms with Crippen LogP contribution in [0.5, 0.6) is 0 Å². The van der Waals surface area contributed by atoms with Crippen LogP contribution in [0, 0.1) is 12.8 Å². The van der Waals surface area contributed by atoms with Gasteiger partial charge in [0, 0.05) is 17.7 Å². The molecule has 266 valence electrons. The number of methoxy groups -OCH3 is 1. The lowest BCUT2D eigenvalue weighted by Gasteiger charge is -2.25. The van der Waals surface area contributed by atoms with Crippen LogP contribution in [0.25, 0.3) is 11.5 Å². The number of ether oxygens (including phenoxy) is 2. The van der Waals surface area contributed by atoms with Gasteiger partial charge in [0.1, 0.15) is 12.1 Å². The Hall–Kier alpha value is -4.47. The Morgan fingerprint density at radius 3 is 2.14 bits per heavy atom. The highest BCUT2D eigenvalue weighted by Crippen LogP contribution is 2.20. The van der Waals surface area contributed by atoms with Gasteiger partial charge in [-0.25, -0.2) is 8.42 Å². The summed E-state index contributed by atoms with van der Waals surface area (Å²) in [6, 6.07) is 18.0. The van der Waals surface area contributed by atoms with Gasteiger partial charge in [-0.15, -0.1) is 10.2 Å². The predicted octanol–water partition coefficient (Wildman–Crippen LogP) is 4.11. The molecule has 1 heterocycles. The number of halogens is 1. The van der Waals surface area contributed by atoms with E-state index < -0.39 is 52.4 Å². The Morgan fingerprint density at radius 2 is 1.48 bits per heavy atom. The molecule has 3 aromatic carbocycles. The second kappa shape index (κ2) is 18.0. The number of nitrogens with one attached hydrogen (secondary N) is 3. The van der Waals surface area contributed by atoms with Crippen LogP contribution in [0.3, 0.4) is 0 Å². The van der Waals surface area contributed by atoms with Gasteiger partial charge >= 0.3 is 0 Å². The fourth-order valence-corrected chi connectivity index (χ4v) is 6.17. The van der Waals surface area contributed by atoms with Crippen LogP contribution >= 0.6 is 11.6 Å². The van der Waals surface area contributed by atoms with E-state index in [9.17, 15) is 22.8 Å². The van der Waals surface area contributed by atoms with Crippen molar-refractivity contribution in [3.05, 3.63) is 101 Å². The van der Waals surface area contributed by atoms with Crippen LogP contribution in [0.15, 0.2) is 88.2 Å². The molecule has 1 aromatic heterocycles. The lowest BCUT2D eigenvalue weighted by atomic mass is 9.99. The molecule has 0 bridgehead atoms. The summed E-state index contributed by atoms with van der Waals surface area (Å²) < 4.78 is 45.6. The van der Waals surface area contributed by atoms with E-state index in [-0.39, 0.29) is 42.2 Å². The first-order valence-corrected chi connectivity index (χ1v) is 17.7. The second-order valence-corrected chi connectivity index (χ2v) is 14.1. The lowest BCUT2D eigenvalue weighted by Crippen LogP contribution is -2.58. The van der Waals surface area contributed by atoms with E-state index in [2.05, 4.69) is 25.6 Å². The van der Waals surface area contributed by atoms with E-state index in [4.69, 9.17) is 25.5 Å². The molecular formula is C35H40ClN5O8S. The summed E-state index contributed by atoms with van der Waals surface area (Å²) in [7, 11) is -2.87. The average molecular weight is 726 g/mol. The van der Waals surface area contributed by atoms with E-state index in [0.717, 1.165) is 5.56 Å². The highest BCUT2D eigenvalue weighted by Gasteiger charge is 2.33. The molecule has 3 N–H and O–H groups in total. The molecular weight excluding hydrogens is 686 g/mol. The summed E-state index contributed by atoms with van der Waals surface area (Å²) in [4.78, 5) is 40.7. The molecule has 0 aliphatic heterocycles. The highest BCUT2D eigenvalue weighted by molar-refractivity contribution is 7.89. The van der Waals surface area contributed by atoms with Crippen molar-refractivity contribution in [3.63, 3.8) is 0 Å². The average Bonchev–Trinajstić information content (AvgIpc) is 3.59. The zero-order valence-corrected chi connectivity index (χ0v) is 29.7. The number of carbonyl (C=O) groups excluding carboxylic acids is 3. The maximum atomic E-state index is 13.7. The normalized spacial score (nSPS) is 13.4. The number of ketones is 1. The standard InChI is InChI=1S/C35H40ClN5O8S/c1-22(2)18-28(31(42)35-40-39-34(49-35)24-10-6-5-7-11-24)37-32(43)29(20-47-4)38-33(44)30(21-48-19-25-12-8-9-13-27(25)36)41-50(45,46)26-16-14-23(3)15-17-26/h5-17,22,28-30,41H,18-21H2,1-4H3,(H,37,43)(H,38,44). The maximum absolute atomic E-state index is 13.7. The molecule has 50 heavy (non-hydrogen) atoms. The smallest absolute Gasteiger partial charge is 0.286 e. The molecule has 0 aliphatic rings. The van der Waals surface area contributed by atoms with Crippen molar-refractivity contribution in [2.45, 2.75) is 56.8 Å². The number of rotatable bonds is 18. The topological polar surface area (TPSA) is 179 Å². The van der Waals surface area contributed by atoms with Crippen LogP contribution in [0.4, 0.5) is 0 Å². The summed E-state index contributed by atoms with van der Waals surface area (Å²) in [6.07, 6.45) is 0.218. The summed E-state index contributed by atoms with van der Waals surface area (Å²) in [5, 5.41) is 13.5. The van der Waals surface area contributed by atoms with Crippen molar-refractivity contribution >= 4 is 39.2 Å². The van der Waals surface area contributed by atoms with Crippen molar-refractivity contribution in [1.82, 2.24) is 25.6 Å². The van der Waals surface area contributed by atoms with Gasteiger partial charge in [0.05, 0.1) is 30.8 Å². The van der Waals surface area contributed by atoms with E-state index in [1.54, 1.807) is 60.7 Å². The summed E-state index contributed by atoms with van der Waals surface area (Å²) >= 11 is 6.24. The van der Waals surface area contributed by atoms with Gasteiger partial charge in [-0.05, 0) is 55.2 Å². The van der Waals surface area contributed by atoms with E-state index in [0.29, 0.717) is 16.1 Å². The minimum absolute atomic E-state index is 0.0155. The fraction of sp³-hybridized carbons (Fsp3) is 0.343. The van der Waals surface area contributed by atoms with Gasteiger partial charge in [0.2, 0.25) is 33.5 Å². The van der Waals surface area contributed by atoms with Crippen molar-refractivity contribution in [2.24, 2.45) is 5.92 Å². The van der Waals surface area contributed by atoms with Crippen molar-refractivity contribution in [3.8, 4) is 11.5 Å². The summed E-state index contributed by atoms with van der Waals surface area (Å²) in [5.41, 5.74) is 2.10. The van der Waals surface area contributed by atoms with Crippen LogP contribution in [0.2, 0.25) is 5.02 Å². The van der Waals surface area contributed by atoms with Crippen LogP contribution in [-0.4, -0.2) is 74.7 Å². The number of nitrogens with zero attached hydrogens (tertiary/aromatic N) is 2. The van der Waals surface area contributed by atoms with E-state index in [1.165, 1.54) is 19.2 Å². The van der Waals surface area contributed by atoms with Gasteiger partial charge in [0.15, 0.2) is 0 Å². The monoisotopic (exact) mass is 725 g/mol. The molecule has 0 spiro atoms. The molecule has 0 saturated carbocycles. The number of Topliss-reactive ketones (excluding diaryl/α,β-unsaturated/α-hetero) is 1. The first-order valence-electron chi connectivity index (χ1n) is 15.8. The van der Waals surface area contributed by atoms with Gasteiger partial charge in [-0.1, -0.05) is 79.5 Å². The molecule has 0 saturated heterocycles. The Balaban J connectivity index is 1.52. The van der Waals surface area contributed by atoms with E-state index in [1.807, 2.05) is 26.8 Å². The highest BCUT2D eigenvalue weighted by atomic mass is 35.5. The van der Waals surface area contributed by atoms with Gasteiger partial charge in [-0.2, -0.15) is 4.72 Å². The molecule has 0 radical (unpaired) electrons. The number of hydrogen-bond donors (Lipinski definition) is 3. The Labute approximate surface area is 296 Å². The first-order chi connectivity index (χ1) is 23.9. The minimum atomic E-state index is -4.20. The zero-order chi connectivity index (χ0) is 36.3. The molecule has 15 heteroatoms. The zero-order valence-electron chi connectivity index (χ0n) is 28.1. The number of aromatic nitrogens is 2. The number of benzene rings is 3. The number of amides is 2. The molecule has 0 aliphatic carbocycles. The first kappa shape index (κ1) is 38.3. The number of carbonyl (C=O) groups is 3. The molecule has 2 amide bonds. The van der Waals surface area contributed by atoms with Crippen LogP contribution in [-0.2, 0) is 35.7 Å². The lowest BCUT2D eigenvalue weighted by molar-refractivity contribution is -0.132. The third-order valence-electron chi connectivity index (χ3n) is 7.41. The van der Waals surface area contributed by atoms with Crippen molar-refractivity contribution in [1.29, 1.82) is 0 Å². The van der Waals surface area contributed by atoms with Crippen molar-refractivity contribution < 1.29 is 36.7 Å². The van der Waals surface area contributed by atoms with Crippen molar-refractivity contribution in [2.75, 3.05) is 20.3 Å². The Kier molecular flexibility index (Phi) is 13.8. The molecule has 4 rings (SSSR count). The summed E-state index contributed by atoms with van der Waals surface area (Å²) in [5.74, 6) is -2.41. The number of aryl methyl sites for hydroxylation is 1. The van der Waals surface area contributed by atoms with Gasteiger partial charge in [0.25, 0.3) is 5.89 Å². The van der Waals surface area contributed by atoms with Crippen LogP contribution < -0.4 is 15.4 Å². The van der Waals surface area contributed by atoms with Crippen LogP contribution in [0.1, 0.15) is 42.1 Å². The quantitative estimate of drug-likeness (QED) is 0.127. The minimum Gasteiger partial charge on any atom is -0.414 e. The largest absolute Gasteiger partial charge is 0.414 e. The fourth-order valence-electron chi connectivity index (χ4n) is 4.80. The van der Waals surface area contributed by atoms with Gasteiger partial charge in [-0.3, -0.25) is 14.4 Å². The molecule has 3 unspecified atom stereocenters.